The van der Waals surface area contributed by atoms with Crippen LogP contribution in [0.25, 0.3) is 10.9 Å². The van der Waals surface area contributed by atoms with Crippen molar-refractivity contribution in [3.05, 3.63) is 33.0 Å². The lowest BCUT2D eigenvalue weighted by Gasteiger charge is -2.13. The van der Waals surface area contributed by atoms with Gasteiger partial charge in [0.15, 0.2) is 5.16 Å². The molecule has 0 unspecified atom stereocenters. The fourth-order valence-electron chi connectivity index (χ4n) is 2.45. The van der Waals surface area contributed by atoms with E-state index in [0.717, 1.165) is 30.2 Å². The van der Waals surface area contributed by atoms with Gasteiger partial charge >= 0.3 is 0 Å². The first-order valence-electron chi connectivity index (χ1n) is 8.66. The third-order valence-corrected chi connectivity index (χ3v) is 5.24. The first-order chi connectivity index (χ1) is 12.1. The lowest BCUT2D eigenvalue weighted by Crippen LogP contribution is -2.27. The van der Waals surface area contributed by atoms with Crippen LogP contribution >= 0.6 is 27.7 Å². The lowest BCUT2D eigenvalue weighted by molar-refractivity contribution is -0.118. The number of hydrogen-bond acceptors (Lipinski definition) is 4. The maximum Gasteiger partial charge on any atom is 0.262 e. The third kappa shape index (κ3) is 5.57. The minimum Gasteiger partial charge on any atom is -0.355 e. The van der Waals surface area contributed by atoms with E-state index in [1.54, 1.807) is 4.57 Å². The van der Waals surface area contributed by atoms with Gasteiger partial charge in [-0.1, -0.05) is 54.4 Å². The number of halogens is 1. The zero-order chi connectivity index (χ0) is 18.2. The largest absolute Gasteiger partial charge is 0.355 e. The van der Waals surface area contributed by atoms with Gasteiger partial charge in [-0.25, -0.2) is 4.98 Å². The summed E-state index contributed by atoms with van der Waals surface area (Å²) in [4.78, 5) is 29.4. The molecular formula is C18H24BrN3O2S. The molecule has 5 nitrogen and oxygen atoms in total. The molecule has 0 atom stereocenters. The Hall–Kier alpha value is -1.34. The van der Waals surface area contributed by atoms with Gasteiger partial charge in [0.2, 0.25) is 5.91 Å². The average molecular weight is 426 g/mol. The van der Waals surface area contributed by atoms with Crippen molar-refractivity contribution < 1.29 is 4.79 Å². The Morgan fingerprint density at radius 1 is 1.28 bits per heavy atom. The number of carbonyl (C=O) groups is 1. The average Bonchev–Trinajstić information content (AvgIpc) is 2.61. The summed E-state index contributed by atoms with van der Waals surface area (Å²) < 4.78 is 2.57. The summed E-state index contributed by atoms with van der Waals surface area (Å²) in [7, 11) is 0. The Kier molecular flexibility index (Phi) is 7.96. The van der Waals surface area contributed by atoms with Gasteiger partial charge in [-0.3, -0.25) is 14.2 Å². The number of thioether (sulfide) groups is 1. The molecule has 1 aromatic heterocycles. The minimum atomic E-state index is -0.0427. The highest BCUT2D eigenvalue weighted by Gasteiger charge is 2.13. The smallest absolute Gasteiger partial charge is 0.262 e. The van der Waals surface area contributed by atoms with Crippen LogP contribution in [0.4, 0.5) is 0 Å². The van der Waals surface area contributed by atoms with Crippen LogP contribution in [-0.4, -0.2) is 27.8 Å². The predicted octanol–water partition coefficient (Wildman–Crippen LogP) is 3.97. The first kappa shape index (κ1) is 20.0. The van der Waals surface area contributed by atoms with Gasteiger partial charge in [0.1, 0.15) is 0 Å². The van der Waals surface area contributed by atoms with E-state index in [1.807, 2.05) is 25.1 Å². The fraction of sp³-hybridized carbons (Fsp3) is 0.500. The molecule has 1 amide bonds. The van der Waals surface area contributed by atoms with Crippen molar-refractivity contribution in [3.8, 4) is 0 Å². The summed E-state index contributed by atoms with van der Waals surface area (Å²) in [6.07, 6.45) is 3.97. The summed E-state index contributed by atoms with van der Waals surface area (Å²) in [5.74, 6) is 0.236. The molecule has 0 saturated heterocycles. The van der Waals surface area contributed by atoms with Crippen molar-refractivity contribution in [1.82, 2.24) is 14.9 Å². The molecule has 0 saturated carbocycles. The van der Waals surface area contributed by atoms with E-state index in [9.17, 15) is 9.59 Å². The summed E-state index contributed by atoms with van der Waals surface area (Å²) in [6, 6.07) is 5.51. The molecule has 7 heteroatoms. The van der Waals surface area contributed by atoms with Crippen LogP contribution in [0.1, 0.15) is 39.5 Å². The maximum absolute atomic E-state index is 12.9. The van der Waals surface area contributed by atoms with Crippen LogP contribution in [0.5, 0.6) is 0 Å². The van der Waals surface area contributed by atoms with E-state index in [4.69, 9.17) is 0 Å². The van der Waals surface area contributed by atoms with E-state index >= 15 is 0 Å². The highest BCUT2D eigenvalue weighted by Crippen LogP contribution is 2.21. The number of rotatable bonds is 9. The number of unbranched alkanes of at least 4 members (excludes halogenated alkanes) is 2. The second-order valence-corrected chi connectivity index (χ2v) is 7.72. The van der Waals surface area contributed by atoms with Crippen molar-refractivity contribution in [2.75, 3.05) is 12.3 Å². The molecule has 0 aliphatic heterocycles. The highest BCUT2D eigenvalue weighted by molar-refractivity contribution is 9.10. The van der Waals surface area contributed by atoms with E-state index in [2.05, 4.69) is 33.2 Å². The molecule has 1 heterocycles. The number of aromatic nitrogens is 2. The van der Waals surface area contributed by atoms with Crippen LogP contribution in [-0.2, 0) is 11.3 Å². The van der Waals surface area contributed by atoms with Crippen molar-refractivity contribution >= 4 is 44.5 Å². The standard InChI is InChI=1S/C18H24BrN3O2S/c1-3-5-6-10-22-17(24)14-11-13(19)7-8-15(14)21-18(22)25-12-16(23)20-9-4-2/h7-8,11H,3-6,9-10,12H2,1-2H3,(H,20,23). The molecule has 25 heavy (non-hydrogen) atoms. The monoisotopic (exact) mass is 425 g/mol. The number of carbonyl (C=O) groups excluding carboxylic acids is 1. The molecule has 0 bridgehead atoms. The molecule has 2 rings (SSSR count). The van der Waals surface area contributed by atoms with E-state index in [-0.39, 0.29) is 17.2 Å². The van der Waals surface area contributed by atoms with E-state index in [0.29, 0.717) is 29.1 Å². The number of fused-ring (bicyclic) bond motifs is 1. The Bertz CT molecular complexity index is 792. The van der Waals surface area contributed by atoms with Crippen molar-refractivity contribution in [2.24, 2.45) is 0 Å². The first-order valence-corrected chi connectivity index (χ1v) is 10.4. The normalized spacial score (nSPS) is 11.0. The SMILES string of the molecule is CCCCCn1c(SCC(=O)NCCC)nc2ccc(Br)cc2c1=O. The Labute approximate surface area is 160 Å². The molecule has 0 aliphatic rings. The Morgan fingerprint density at radius 3 is 2.80 bits per heavy atom. The predicted molar refractivity (Wildman–Crippen MR) is 107 cm³/mol. The third-order valence-electron chi connectivity index (χ3n) is 3.77. The molecule has 0 radical (unpaired) electrons. The number of benzene rings is 1. The van der Waals surface area contributed by atoms with Crippen molar-refractivity contribution in [2.45, 2.75) is 51.2 Å². The zero-order valence-corrected chi connectivity index (χ0v) is 17.1. The minimum absolute atomic E-state index is 0.0305. The lowest BCUT2D eigenvalue weighted by atomic mass is 10.2. The zero-order valence-electron chi connectivity index (χ0n) is 14.7. The van der Waals surface area contributed by atoms with Gasteiger partial charge < -0.3 is 5.32 Å². The summed E-state index contributed by atoms with van der Waals surface area (Å²) in [5, 5.41) is 4.07. The van der Waals surface area contributed by atoms with Gasteiger partial charge in [-0.05, 0) is 31.0 Å². The van der Waals surface area contributed by atoms with Gasteiger partial charge in [-0.15, -0.1) is 0 Å². The van der Waals surface area contributed by atoms with Gasteiger partial charge in [0.05, 0.1) is 16.7 Å². The summed E-state index contributed by atoms with van der Waals surface area (Å²) in [6.45, 7) is 5.44. The second kappa shape index (κ2) is 9.97. The Balaban J connectivity index is 2.31. The number of nitrogens with one attached hydrogen (secondary N) is 1. The molecule has 2 aromatic rings. The molecular weight excluding hydrogens is 402 g/mol. The van der Waals surface area contributed by atoms with E-state index in [1.165, 1.54) is 11.8 Å². The topological polar surface area (TPSA) is 64.0 Å². The summed E-state index contributed by atoms with van der Waals surface area (Å²) in [5.41, 5.74) is 0.621. The van der Waals surface area contributed by atoms with Crippen LogP contribution in [0.3, 0.4) is 0 Å². The second-order valence-electron chi connectivity index (χ2n) is 5.86. The molecule has 136 valence electrons. The van der Waals surface area contributed by atoms with Gasteiger partial charge in [0, 0.05) is 17.6 Å². The molecule has 0 aliphatic carbocycles. The van der Waals surface area contributed by atoms with Crippen molar-refractivity contribution in [1.29, 1.82) is 0 Å². The van der Waals surface area contributed by atoms with Gasteiger partial charge in [0.25, 0.3) is 5.56 Å². The maximum atomic E-state index is 12.9. The Morgan fingerprint density at radius 2 is 2.08 bits per heavy atom. The number of hydrogen-bond donors (Lipinski definition) is 1. The van der Waals surface area contributed by atoms with Crippen LogP contribution in [0, 0.1) is 0 Å². The quantitative estimate of drug-likeness (QED) is 0.375. The summed E-state index contributed by atoms with van der Waals surface area (Å²) >= 11 is 4.74. The highest BCUT2D eigenvalue weighted by atomic mass is 79.9. The van der Waals surface area contributed by atoms with Crippen LogP contribution in [0.15, 0.2) is 32.6 Å². The molecule has 1 aromatic carbocycles. The van der Waals surface area contributed by atoms with Crippen LogP contribution < -0.4 is 10.9 Å². The molecule has 0 fully saturated rings. The fourth-order valence-corrected chi connectivity index (χ4v) is 3.66. The van der Waals surface area contributed by atoms with E-state index < -0.39 is 0 Å². The van der Waals surface area contributed by atoms with Gasteiger partial charge in [-0.2, -0.15) is 0 Å². The van der Waals surface area contributed by atoms with Crippen LogP contribution in [0.2, 0.25) is 0 Å². The number of nitrogens with zero attached hydrogens (tertiary/aromatic N) is 2. The van der Waals surface area contributed by atoms with Crippen molar-refractivity contribution in [3.63, 3.8) is 0 Å². The number of amides is 1. The molecule has 0 spiro atoms. The molecule has 1 N–H and O–H groups in total.